The smallest absolute Gasteiger partial charge is 0.407 e. The van der Waals surface area contributed by atoms with E-state index in [1.807, 2.05) is 64.4 Å². The van der Waals surface area contributed by atoms with Crippen LogP contribution in [0.5, 0.6) is 5.75 Å². The van der Waals surface area contributed by atoms with Crippen molar-refractivity contribution < 1.29 is 38.2 Å². The lowest BCUT2D eigenvalue weighted by molar-refractivity contribution is -0.142. The number of alkyl carbamates (subject to hydrolysis) is 1. The molecule has 1 aliphatic rings. The first-order valence-corrected chi connectivity index (χ1v) is 18.5. The van der Waals surface area contributed by atoms with E-state index in [2.05, 4.69) is 20.9 Å². The molecule has 4 atom stereocenters. The number of fused-ring (bicyclic) bond motifs is 1. The molecule has 1 fully saturated rings. The maximum atomic E-state index is 14.1. The van der Waals surface area contributed by atoms with Crippen molar-refractivity contribution in [1.29, 1.82) is 0 Å². The number of hydrogen-bond donors (Lipinski definition) is 4. The Morgan fingerprint density at radius 3 is 2.40 bits per heavy atom. The second-order valence-corrected chi connectivity index (χ2v) is 16.2. The van der Waals surface area contributed by atoms with Crippen LogP contribution >= 0.6 is 11.3 Å². The number of amides is 4. The minimum Gasteiger partial charge on any atom is -0.492 e. The van der Waals surface area contributed by atoms with Gasteiger partial charge >= 0.3 is 6.09 Å². The van der Waals surface area contributed by atoms with Crippen LogP contribution in [0.3, 0.4) is 0 Å². The zero-order valence-electron chi connectivity index (χ0n) is 31.4. The SMILES string of the molecule is Cc1ncsc1-c1ccc([C@H](C)NC(=O)[C@@H]2C[C@@H](O)CN2C(=O)[C@@H](NC(=O)c2cc3ccc(OCCNC(=O)OC(C)(C)C)cc3o2)C(C)(C)C)cc1. The predicted molar refractivity (Wildman–Crippen MR) is 202 cm³/mol. The van der Waals surface area contributed by atoms with Crippen LogP contribution in [0.4, 0.5) is 4.79 Å². The molecule has 3 heterocycles. The molecule has 284 valence electrons. The summed E-state index contributed by atoms with van der Waals surface area (Å²) in [5, 5.41) is 19.7. The molecule has 5 rings (SSSR count). The second-order valence-electron chi connectivity index (χ2n) is 15.4. The quantitative estimate of drug-likeness (QED) is 0.139. The zero-order chi connectivity index (χ0) is 38.7. The maximum absolute atomic E-state index is 14.1. The summed E-state index contributed by atoms with van der Waals surface area (Å²) in [7, 11) is 0. The molecule has 0 bridgehead atoms. The Kier molecular flexibility index (Phi) is 11.8. The van der Waals surface area contributed by atoms with E-state index in [1.165, 1.54) is 4.90 Å². The van der Waals surface area contributed by atoms with Gasteiger partial charge in [0, 0.05) is 24.4 Å². The van der Waals surface area contributed by atoms with Gasteiger partial charge in [0.1, 0.15) is 35.6 Å². The number of furan rings is 1. The molecule has 0 spiro atoms. The number of aryl methyl sites for hydroxylation is 1. The standard InChI is InChI=1S/C39H49N5O8S/c1-22(24-9-11-25(12-10-24)32-23(2)41-21-53-32)42-34(46)29-18-27(45)20-44(29)36(48)33(38(3,4)5)43-35(47)31-17-26-13-14-28(19-30(26)51-31)50-16-15-40-37(49)52-39(6,7)8/h9-14,17,19,21-22,27,29,33,45H,15-16,18,20H2,1-8H3,(H,40,49)(H,42,46)(H,43,47)/t22-,27+,29-,33+/m0/s1. The number of β-amino-alcohol motifs (C(OH)–C–C–N with tert-alkyl or cyclic N) is 1. The van der Waals surface area contributed by atoms with E-state index in [-0.39, 0.29) is 43.8 Å². The highest BCUT2D eigenvalue weighted by molar-refractivity contribution is 7.13. The molecule has 0 radical (unpaired) electrons. The van der Waals surface area contributed by atoms with Crippen LogP contribution in [0.1, 0.15) is 82.7 Å². The third-order valence-electron chi connectivity index (χ3n) is 8.78. The van der Waals surface area contributed by atoms with Gasteiger partial charge in [-0.1, -0.05) is 45.0 Å². The van der Waals surface area contributed by atoms with Gasteiger partial charge in [0.15, 0.2) is 5.76 Å². The first-order chi connectivity index (χ1) is 24.9. The van der Waals surface area contributed by atoms with Crippen molar-refractivity contribution in [2.24, 2.45) is 5.41 Å². The molecule has 2 aromatic carbocycles. The summed E-state index contributed by atoms with van der Waals surface area (Å²) in [6.07, 6.45) is -1.37. The Hall–Kier alpha value is -4.95. The number of benzene rings is 2. The van der Waals surface area contributed by atoms with Crippen LogP contribution in [0.25, 0.3) is 21.4 Å². The Morgan fingerprint density at radius 1 is 1.04 bits per heavy atom. The summed E-state index contributed by atoms with van der Waals surface area (Å²) < 4.78 is 16.8. The minimum absolute atomic E-state index is 0.00751. The fourth-order valence-corrected chi connectivity index (χ4v) is 6.88. The number of aromatic nitrogens is 1. The van der Waals surface area contributed by atoms with E-state index >= 15 is 0 Å². The van der Waals surface area contributed by atoms with E-state index in [9.17, 15) is 24.3 Å². The van der Waals surface area contributed by atoms with Crippen molar-refractivity contribution >= 4 is 46.1 Å². The average molecular weight is 748 g/mol. The highest BCUT2D eigenvalue weighted by atomic mass is 32.1. The van der Waals surface area contributed by atoms with Crippen LogP contribution in [0.15, 0.2) is 58.5 Å². The topological polar surface area (TPSA) is 172 Å². The van der Waals surface area contributed by atoms with Gasteiger partial charge in [0.25, 0.3) is 5.91 Å². The Bertz CT molecular complexity index is 1940. The predicted octanol–water partition coefficient (Wildman–Crippen LogP) is 5.75. The van der Waals surface area contributed by atoms with Crippen LogP contribution in [-0.4, -0.2) is 82.3 Å². The molecule has 0 unspecified atom stereocenters. The van der Waals surface area contributed by atoms with E-state index in [0.717, 1.165) is 21.7 Å². The van der Waals surface area contributed by atoms with Crippen LogP contribution < -0.4 is 20.7 Å². The summed E-state index contributed by atoms with van der Waals surface area (Å²) in [5.41, 5.74) is 3.73. The Morgan fingerprint density at radius 2 is 1.75 bits per heavy atom. The molecule has 4 aromatic rings. The van der Waals surface area contributed by atoms with Crippen molar-refractivity contribution in [2.45, 2.75) is 91.6 Å². The first-order valence-electron chi connectivity index (χ1n) is 17.6. The number of rotatable bonds is 11. The number of nitrogens with one attached hydrogen (secondary N) is 3. The molecule has 53 heavy (non-hydrogen) atoms. The van der Waals surface area contributed by atoms with Gasteiger partial charge in [0.05, 0.1) is 34.8 Å². The number of nitrogens with zero attached hydrogens (tertiary/aromatic N) is 2. The monoisotopic (exact) mass is 747 g/mol. The molecule has 0 saturated carbocycles. The van der Waals surface area contributed by atoms with Gasteiger partial charge in [0.2, 0.25) is 11.8 Å². The van der Waals surface area contributed by atoms with Gasteiger partial charge in [-0.2, -0.15) is 0 Å². The Labute approximate surface area is 313 Å². The van der Waals surface area contributed by atoms with Crippen molar-refractivity contribution in [3.8, 4) is 16.2 Å². The average Bonchev–Trinajstić information content (AvgIpc) is 3.81. The number of aliphatic hydroxyl groups excluding tert-OH is 1. The van der Waals surface area contributed by atoms with Crippen molar-refractivity contribution in [3.05, 3.63) is 71.1 Å². The highest BCUT2D eigenvalue weighted by Crippen LogP contribution is 2.30. The summed E-state index contributed by atoms with van der Waals surface area (Å²) >= 11 is 1.57. The number of hydrogen-bond acceptors (Lipinski definition) is 10. The third-order valence-corrected chi connectivity index (χ3v) is 9.76. The van der Waals surface area contributed by atoms with Gasteiger partial charge < -0.3 is 39.8 Å². The lowest BCUT2D eigenvalue weighted by atomic mass is 9.85. The number of carbonyl (C=O) groups excluding carboxylic acids is 4. The molecule has 14 heteroatoms. The lowest BCUT2D eigenvalue weighted by Crippen LogP contribution is -2.57. The second kappa shape index (κ2) is 16.0. The highest BCUT2D eigenvalue weighted by Gasteiger charge is 2.45. The van der Waals surface area contributed by atoms with E-state index < -0.39 is 47.1 Å². The lowest BCUT2D eigenvalue weighted by Gasteiger charge is -2.35. The van der Waals surface area contributed by atoms with Gasteiger partial charge in [-0.25, -0.2) is 9.78 Å². The summed E-state index contributed by atoms with van der Waals surface area (Å²) in [6, 6.07) is 12.2. The van der Waals surface area contributed by atoms with Crippen molar-refractivity contribution in [1.82, 2.24) is 25.8 Å². The number of thiazole rings is 1. The maximum Gasteiger partial charge on any atom is 0.407 e. The minimum atomic E-state index is -1.04. The van der Waals surface area contributed by atoms with Crippen LogP contribution in [0.2, 0.25) is 0 Å². The zero-order valence-corrected chi connectivity index (χ0v) is 32.3. The third kappa shape index (κ3) is 9.93. The fraction of sp³-hybridized carbons (Fsp3) is 0.462. The molecule has 2 aromatic heterocycles. The number of aliphatic hydroxyl groups is 1. The number of likely N-dealkylation sites (tertiary alicyclic amines) is 1. The molecular formula is C39H49N5O8S. The van der Waals surface area contributed by atoms with Gasteiger partial charge in [-0.05, 0) is 69.4 Å². The molecule has 4 N–H and O–H groups in total. The van der Waals surface area contributed by atoms with Gasteiger partial charge in [-0.3, -0.25) is 14.4 Å². The van der Waals surface area contributed by atoms with Crippen molar-refractivity contribution in [3.63, 3.8) is 0 Å². The summed E-state index contributed by atoms with van der Waals surface area (Å²) in [6.45, 7) is 15.0. The fourth-order valence-electron chi connectivity index (χ4n) is 6.07. The Balaban J connectivity index is 1.22. The largest absolute Gasteiger partial charge is 0.492 e. The van der Waals surface area contributed by atoms with Gasteiger partial charge in [-0.15, -0.1) is 11.3 Å². The summed E-state index contributed by atoms with van der Waals surface area (Å²) in [5.74, 6) is -1.01. The molecule has 1 saturated heterocycles. The molecule has 0 aliphatic carbocycles. The number of ether oxygens (including phenoxy) is 2. The molecular weight excluding hydrogens is 699 g/mol. The van der Waals surface area contributed by atoms with Crippen molar-refractivity contribution in [2.75, 3.05) is 19.7 Å². The molecule has 1 aliphatic heterocycles. The first kappa shape index (κ1) is 39.3. The van der Waals surface area contributed by atoms with E-state index in [4.69, 9.17) is 13.9 Å². The van der Waals surface area contributed by atoms with Crippen LogP contribution in [-0.2, 0) is 14.3 Å². The van der Waals surface area contributed by atoms with E-state index in [0.29, 0.717) is 16.7 Å². The molecule has 4 amide bonds. The normalized spacial score (nSPS) is 17.3. The molecule has 13 nitrogen and oxygen atoms in total. The van der Waals surface area contributed by atoms with Crippen LogP contribution in [0, 0.1) is 12.3 Å². The van der Waals surface area contributed by atoms with E-state index in [1.54, 1.807) is 56.4 Å². The number of carbonyl (C=O) groups is 4. The summed E-state index contributed by atoms with van der Waals surface area (Å²) in [4.78, 5) is 60.0.